The SMILES string of the molecule is CCOC(=O)C(C/C(C)=C/Cc1c(OC)c(C)c2c(c1OCC[Si](C)(C)C)C(=O)OC2)P(C)(C)=O. The molecule has 1 aromatic carbocycles. The molecule has 1 heterocycles. The summed E-state index contributed by atoms with van der Waals surface area (Å²) in [5, 5.41) is 0. The number of ether oxygens (including phenoxy) is 4. The minimum Gasteiger partial charge on any atom is -0.496 e. The number of hydrogen-bond donors (Lipinski definition) is 0. The fourth-order valence-corrected chi connectivity index (χ4v) is 6.11. The lowest BCUT2D eigenvalue weighted by atomic mass is 9.94. The molecular weight excluding hydrogens is 483 g/mol. The monoisotopic (exact) mass is 524 g/mol. The maximum atomic E-state index is 12.8. The maximum Gasteiger partial charge on any atom is 0.342 e. The Kier molecular flexibility index (Phi) is 9.83. The summed E-state index contributed by atoms with van der Waals surface area (Å²) in [4.78, 5) is 25.1. The lowest BCUT2D eigenvalue weighted by Gasteiger charge is -2.22. The molecule has 1 unspecified atom stereocenters. The van der Waals surface area contributed by atoms with E-state index in [2.05, 4.69) is 19.6 Å². The van der Waals surface area contributed by atoms with Crippen LogP contribution in [0, 0.1) is 6.92 Å². The van der Waals surface area contributed by atoms with Gasteiger partial charge in [0.15, 0.2) is 0 Å². The van der Waals surface area contributed by atoms with E-state index in [1.165, 1.54) is 0 Å². The standard InChI is InChI=1S/C26H41O7PSi/c1-10-31-25(27)21(34(5,6)29)15-17(2)11-12-19-23(30-4)18(3)20-16-33-26(28)22(20)24(19)32-13-14-35(7,8)9/h11,21H,10,12-16H2,1-9H3/b17-11+. The van der Waals surface area contributed by atoms with E-state index in [4.69, 9.17) is 18.9 Å². The summed E-state index contributed by atoms with van der Waals surface area (Å²) in [5.74, 6) is 0.382. The van der Waals surface area contributed by atoms with E-state index in [9.17, 15) is 14.2 Å². The molecule has 7 nitrogen and oxygen atoms in total. The number of carbonyl (C=O) groups excluding carboxylic acids is 2. The third-order valence-corrected chi connectivity index (χ3v) is 9.80. The van der Waals surface area contributed by atoms with E-state index >= 15 is 0 Å². The van der Waals surface area contributed by atoms with Gasteiger partial charge in [0.1, 0.15) is 29.3 Å². The molecule has 0 amide bonds. The van der Waals surface area contributed by atoms with Crippen LogP contribution in [0.25, 0.3) is 0 Å². The zero-order chi connectivity index (χ0) is 26.6. The highest BCUT2D eigenvalue weighted by Crippen LogP contribution is 2.46. The molecule has 0 aliphatic carbocycles. The van der Waals surface area contributed by atoms with Crippen LogP contribution in [0.2, 0.25) is 25.7 Å². The zero-order valence-electron chi connectivity index (χ0n) is 22.7. The van der Waals surface area contributed by atoms with Crippen LogP contribution in [-0.4, -0.2) is 59.3 Å². The van der Waals surface area contributed by atoms with Crippen LogP contribution in [0.4, 0.5) is 0 Å². The van der Waals surface area contributed by atoms with Gasteiger partial charge in [-0.15, -0.1) is 0 Å². The molecule has 0 radical (unpaired) electrons. The number of esters is 2. The molecular formula is C26H41O7PSi. The van der Waals surface area contributed by atoms with Gasteiger partial charge in [0.05, 0.1) is 27.5 Å². The van der Waals surface area contributed by atoms with Gasteiger partial charge in [-0.1, -0.05) is 31.3 Å². The minimum absolute atomic E-state index is 0.208. The predicted octanol–water partition coefficient (Wildman–Crippen LogP) is 5.82. The Labute approximate surface area is 210 Å². The van der Waals surface area contributed by atoms with Crippen molar-refractivity contribution >= 4 is 27.2 Å². The van der Waals surface area contributed by atoms with E-state index in [-0.39, 0.29) is 19.2 Å². The Morgan fingerprint density at radius 2 is 1.89 bits per heavy atom. The summed E-state index contributed by atoms with van der Waals surface area (Å²) in [6.45, 7) is 16.6. The predicted molar refractivity (Wildman–Crippen MR) is 142 cm³/mol. The highest BCUT2D eigenvalue weighted by atomic mass is 31.2. The molecule has 0 bridgehead atoms. The Morgan fingerprint density at radius 3 is 2.43 bits per heavy atom. The number of fused-ring (bicyclic) bond motifs is 1. The fourth-order valence-electron chi connectivity index (χ4n) is 4.09. The first kappa shape index (κ1) is 29.2. The number of benzene rings is 1. The van der Waals surface area contributed by atoms with Gasteiger partial charge in [-0.25, -0.2) is 4.79 Å². The van der Waals surface area contributed by atoms with Gasteiger partial charge in [-0.3, -0.25) is 4.79 Å². The highest BCUT2D eigenvalue weighted by Gasteiger charge is 2.34. The molecule has 9 heteroatoms. The van der Waals surface area contributed by atoms with E-state index in [0.717, 1.165) is 28.3 Å². The number of cyclic esters (lactones) is 1. The van der Waals surface area contributed by atoms with E-state index < -0.39 is 26.8 Å². The molecule has 0 N–H and O–H groups in total. The molecule has 1 aliphatic rings. The Morgan fingerprint density at radius 1 is 1.23 bits per heavy atom. The van der Waals surface area contributed by atoms with Crippen LogP contribution in [0.1, 0.15) is 47.3 Å². The van der Waals surface area contributed by atoms with E-state index in [0.29, 0.717) is 36.5 Å². The smallest absolute Gasteiger partial charge is 0.342 e. The van der Waals surface area contributed by atoms with Gasteiger partial charge in [0.25, 0.3) is 0 Å². The molecule has 35 heavy (non-hydrogen) atoms. The Balaban J connectivity index is 2.46. The molecule has 0 saturated carbocycles. The first-order valence-corrected chi connectivity index (χ1v) is 18.5. The number of allylic oxidation sites excluding steroid dienone is 2. The lowest BCUT2D eigenvalue weighted by Crippen LogP contribution is -2.23. The first-order valence-electron chi connectivity index (χ1n) is 12.1. The maximum absolute atomic E-state index is 12.8. The summed E-state index contributed by atoms with van der Waals surface area (Å²) >= 11 is 0. The van der Waals surface area contributed by atoms with Crippen LogP contribution in [0.5, 0.6) is 11.5 Å². The quantitative estimate of drug-likeness (QED) is 0.147. The second-order valence-corrected chi connectivity index (χ2v) is 19.8. The number of methoxy groups -OCH3 is 1. The van der Waals surface area contributed by atoms with Crippen LogP contribution < -0.4 is 9.47 Å². The highest BCUT2D eigenvalue weighted by molar-refractivity contribution is 7.64. The van der Waals surface area contributed by atoms with Gasteiger partial charge in [-0.2, -0.15) is 0 Å². The van der Waals surface area contributed by atoms with Crippen molar-refractivity contribution in [3.05, 3.63) is 33.9 Å². The topological polar surface area (TPSA) is 88.1 Å². The summed E-state index contributed by atoms with van der Waals surface area (Å²) in [6, 6.07) is 0.949. The summed E-state index contributed by atoms with van der Waals surface area (Å²) in [7, 11) is -2.45. The molecule has 0 spiro atoms. The van der Waals surface area contributed by atoms with Crippen molar-refractivity contribution in [3.63, 3.8) is 0 Å². The minimum atomic E-state index is -2.72. The second kappa shape index (κ2) is 11.8. The average Bonchev–Trinajstić information content (AvgIpc) is 3.12. The molecule has 1 aromatic rings. The summed E-state index contributed by atoms with van der Waals surface area (Å²) in [6.07, 6.45) is 2.76. The van der Waals surface area contributed by atoms with Crippen molar-refractivity contribution in [1.29, 1.82) is 0 Å². The molecule has 0 fully saturated rings. The fraction of sp³-hybridized carbons (Fsp3) is 0.615. The zero-order valence-corrected chi connectivity index (χ0v) is 24.6. The number of rotatable bonds is 12. The van der Waals surface area contributed by atoms with Crippen LogP contribution in [0.3, 0.4) is 0 Å². The molecule has 0 aromatic heterocycles. The van der Waals surface area contributed by atoms with E-state index in [1.807, 2.05) is 19.9 Å². The number of carbonyl (C=O) groups is 2. The normalized spacial score (nSPS) is 14.9. The van der Waals surface area contributed by atoms with Crippen molar-refractivity contribution in [1.82, 2.24) is 0 Å². The Bertz CT molecular complexity index is 1030. The molecule has 196 valence electrons. The summed E-state index contributed by atoms with van der Waals surface area (Å²) < 4.78 is 35.4. The van der Waals surface area contributed by atoms with Gasteiger partial charge < -0.3 is 23.5 Å². The van der Waals surface area contributed by atoms with Gasteiger partial charge >= 0.3 is 11.9 Å². The van der Waals surface area contributed by atoms with Crippen molar-refractivity contribution < 1.29 is 33.1 Å². The van der Waals surface area contributed by atoms with Crippen molar-refractivity contribution in [2.45, 2.75) is 71.6 Å². The van der Waals surface area contributed by atoms with Crippen molar-refractivity contribution in [2.75, 3.05) is 33.7 Å². The first-order chi connectivity index (χ1) is 16.2. The molecule has 1 atom stereocenters. The Hall–Kier alpha value is -2.05. The van der Waals surface area contributed by atoms with Crippen LogP contribution in [-0.2, 0) is 31.9 Å². The largest absolute Gasteiger partial charge is 0.496 e. The van der Waals surface area contributed by atoms with E-state index in [1.54, 1.807) is 27.4 Å². The number of hydrogen-bond acceptors (Lipinski definition) is 7. The third kappa shape index (κ3) is 7.47. The van der Waals surface area contributed by atoms with Crippen LogP contribution >= 0.6 is 7.14 Å². The van der Waals surface area contributed by atoms with Crippen LogP contribution in [0.15, 0.2) is 11.6 Å². The molecule has 0 saturated heterocycles. The molecule has 2 rings (SSSR count). The van der Waals surface area contributed by atoms with Gasteiger partial charge in [0.2, 0.25) is 0 Å². The lowest BCUT2D eigenvalue weighted by molar-refractivity contribution is -0.142. The van der Waals surface area contributed by atoms with Crippen molar-refractivity contribution in [3.8, 4) is 11.5 Å². The van der Waals surface area contributed by atoms with Gasteiger partial charge in [0, 0.05) is 19.2 Å². The van der Waals surface area contributed by atoms with Gasteiger partial charge in [-0.05, 0) is 58.6 Å². The average molecular weight is 525 g/mol. The molecule has 1 aliphatic heterocycles. The third-order valence-electron chi connectivity index (χ3n) is 6.20. The van der Waals surface area contributed by atoms with Crippen molar-refractivity contribution in [2.24, 2.45) is 0 Å². The second-order valence-electron chi connectivity index (χ2n) is 10.7. The summed E-state index contributed by atoms with van der Waals surface area (Å²) in [5.41, 5.74) is 3.15.